The van der Waals surface area contributed by atoms with Crippen molar-refractivity contribution in [2.75, 3.05) is 52.6 Å². The first-order valence-electron chi connectivity index (χ1n) is 8.94. The third-order valence-corrected chi connectivity index (χ3v) is 6.05. The molecule has 0 saturated carbocycles. The fraction of sp³-hybridized carbons (Fsp3) is 0.882. The molecule has 2 aliphatic rings. The number of hydrogen-bond acceptors (Lipinski definition) is 4. The van der Waals surface area contributed by atoms with Crippen LogP contribution in [0.4, 0.5) is 0 Å². The van der Waals surface area contributed by atoms with Gasteiger partial charge in [0.2, 0.25) is 5.91 Å². The Labute approximate surface area is 150 Å². The van der Waals surface area contributed by atoms with E-state index >= 15 is 0 Å². The molecule has 2 aliphatic heterocycles. The molecule has 2 rings (SSSR count). The van der Waals surface area contributed by atoms with Crippen LogP contribution in [0.5, 0.6) is 0 Å². The molecule has 138 valence electrons. The molecule has 1 N–H and O–H groups in total. The van der Waals surface area contributed by atoms with E-state index in [0.717, 1.165) is 50.8 Å². The Balaban J connectivity index is 1.99. The number of nitrogens with zero attached hydrogens (tertiary/aromatic N) is 3. The Bertz CT molecular complexity index is 436. The Morgan fingerprint density at radius 3 is 2.88 bits per heavy atom. The Morgan fingerprint density at radius 1 is 1.46 bits per heavy atom. The summed E-state index contributed by atoms with van der Waals surface area (Å²) in [7, 11) is 3.54. The number of thioether (sulfide) groups is 1. The number of guanidine groups is 1. The standard InChI is InChI=1S/C17H32N4O2S/c1-13(2)15-12-21(7-9-24-15)17(19-11-16(22)20(3)4)18-10-14-6-5-8-23-14/h13-15H,5-12H2,1-4H3,(H,18,19). The molecule has 2 heterocycles. The summed E-state index contributed by atoms with van der Waals surface area (Å²) in [5.41, 5.74) is 0. The maximum absolute atomic E-state index is 11.9. The van der Waals surface area contributed by atoms with E-state index in [1.807, 2.05) is 11.8 Å². The summed E-state index contributed by atoms with van der Waals surface area (Å²) in [5.74, 6) is 2.62. The molecule has 2 unspecified atom stereocenters. The summed E-state index contributed by atoms with van der Waals surface area (Å²) in [6.07, 6.45) is 2.49. The molecule has 1 amide bonds. The van der Waals surface area contributed by atoms with Crippen LogP contribution >= 0.6 is 11.8 Å². The van der Waals surface area contributed by atoms with E-state index in [-0.39, 0.29) is 18.6 Å². The van der Waals surface area contributed by atoms with Crippen LogP contribution in [-0.4, -0.2) is 85.7 Å². The zero-order valence-corrected chi connectivity index (χ0v) is 16.3. The van der Waals surface area contributed by atoms with Crippen LogP contribution in [-0.2, 0) is 9.53 Å². The quantitative estimate of drug-likeness (QED) is 0.594. The van der Waals surface area contributed by atoms with Crippen LogP contribution in [0.2, 0.25) is 0 Å². The van der Waals surface area contributed by atoms with Crippen LogP contribution in [0.3, 0.4) is 0 Å². The molecule has 0 aromatic rings. The minimum atomic E-state index is 0.0261. The van der Waals surface area contributed by atoms with Crippen LogP contribution in [0.25, 0.3) is 0 Å². The fourth-order valence-electron chi connectivity index (χ4n) is 2.83. The maximum atomic E-state index is 11.9. The van der Waals surface area contributed by atoms with E-state index in [0.29, 0.717) is 11.2 Å². The highest BCUT2D eigenvalue weighted by atomic mass is 32.2. The summed E-state index contributed by atoms with van der Waals surface area (Å²) in [4.78, 5) is 20.4. The van der Waals surface area contributed by atoms with Gasteiger partial charge in [0.05, 0.1) is 6.10 Å². The smallest absolute Gasteiger partial charge is 0.243 e. The summed E-state index contributed by atoms with van der Waals surface area (Å²) >= 11 is 2.04. The number of likely N-dealkylation sites (N-methyl/N-ethyl adjacent to an activating group) is 1. The van der Waals surface area contributed by atoms with Gasteiger partial charge in [0.25, 0.3) is 0 Å². The van der Waals surface area contributed by atoms with Gasteiger partial charge in [-0.1, -0.05) is 13.8 Å². The predicted molar refractivity (Wildman–Crippen MR) is 101 cm³/mol. The first-order valence-corrected chi connectivity index (χ1v) is 9.99. The number of ether oxygens (including phenoxy) is 1. The van der Waals surface area contributed by atoms with Gasteiger partial charge in [-0.05, 0) is 18.8 Å². The SMILES string of the molecule is CC(C)C1CN(C(=NCC(=O)N(C)C)NCC2CCCO2)CCS1. The van der Waals surface area contributed by atoms with Gasteiger partial charge >= 0.3 is 0 Å². The molecule has 0 radical (unpaired) electrons. The lowest BCUT2D eigenvalue weighted by Crippen LogP contribution is -2.50. The molecule has 2 saturated heterocycles. The van der Waals surface area contributed by atoms with Crippen molar-refractivity contribution in [3.05, 3.63) is 0 Å². The number of hydrogen-bond donors (Lipinski definition) is 1. The van der Waals surface area contributed by atoms with Gasteiger partial charge in [-0.2, -0.15) is 11.8 Å². The number of nitrogens with one attached hydrogen (secondary N) is 1. The van der Waals surface area contributed by atoms with Crippen molar-refractivity contribution in [3.8, 4) is 0 Å². The number of carbonyl (C=O) groups excluding carboxylic acids is 1. The number of amides is 1. The molecule has 0 bridgehead atoms. The normalized spacial score (nSPS) is 25.2. The molecule has 0 spiro atoms. The number of aliphatic imine (C=N–C) groups is 1. The molecule has 2 fully saturated rings. The lowest BCUT2D eigenvalue weighted by atomic mass is 10.1. The average Bonchev–Trinajstić information content (AvgIpc) is 3.08. The first-order chi connectivity index (χ1) is 11.5. The van der Waals surface area contributed by atoms with Gasteiger partial charge in [0.1, 0.15) is 6.54 Å². The van der Waals surface area contributed by atoms with Gasteiger partial charge in [-0.25, -0.2) is 4.99 Å². The van der Waals surface area contributed by atoms with Crippen molar-refractivity contribution in [2.24, 2.45) is 10.9 Å². The van der Waals surface area contributed by atoms with Crippen LogP contribution < -0.4 is 5.32 Å². The predicted octanol–water partition coefficient (Wildman–Crippen LogP) is 1.27. The van der Waals surface area contributed by atoms with Gasteiger partial charge < -0.3 is 19.9 Å². The Kier molecular flexibility index (Phi) is 7.68. The van der Waals surface area contributed by atoms with E-state index < -0.39 is 0 Å². The number of carbonyl (C=O) groups is 1. The summed E-state index contributed by atoms with van der Waals surface area (Å²) in [5, 5.41) is 4.07. The molecule has 0 aromatic heterocycles. The van der Waals surface area contributed by atoms with E-state index in [1.54, 1.807) is 19.0 Å². The van der Waals surface area contributed by atoms with Crippen molar-refractivity contribution in [3.63, 3.8) is 0 Å². The van der Waals surface area contributed by atoms with E-state index in [2.05, 4.69) is 29.1 Å². The molecule has 2 atom stereocenters. The Morgan fingerprint density at radius 2 is 2.25 bits per heavy atom. The summed E-state index contributed by atoms with van der Waals surface area (Å²) < 4.78 is 5.70. The molecule has 0 aromatic carbocycles. The molecular weight excluding hydrogens is 324 g/mol. The zero-order valence-electron chi connectivity index (χ0n) is 15.5. The van der Waals surface area contributed by atoms with Crippen molar-refractivity contribution in [2.45, 2.75) is 38.0 Å². The third-order valence-electron chi connectivity index (χ3n) is 4.51. The van der Waals surface area contributed by atoms with Crippen molar-refractivity contribution < 1.29 is 9.53 Å². The highest BCUT2D eigenvalue weighted by Gasteiger charge is 2.26. The van der Waals surface area contributed by atoms with Crippen LogP contribution in [0, 0.1) is 5.92 Å². The monoisotopic (exact) mass is 356 g/mol. The average molecular weight is 357 g/mol. The second-order valence-electron chi connectivity index (χ2n) is 7.04. The van der Waals surface area contributed by atoms with E-state index in [9.17, 15) is 4.79 Å². The lowest BCUT2D eigenvalue weighted by Gasteiger charge is -2.36. The van der Waals surface area contributed by atoms with Gasteiger partial charge in [-0.15, -0.1) is 0 Å². The van der Waals surface area contributed by atoms with E-state index in [4.69, 9.17) is 4.74 Å². The molecule has 24 heavy (non-hydrogen) atoms. The Hall–Kier alpha value is -0.950. The fourth-order valence-corrected chi connectivity index (χ4v) is 4.13. The van der Waals surface area contributed by atoms with Crippen molar-refractivity contribution in [1.29, 1.82) is 0 Å². The number of rotatable bonds is 5. The van der Waals surface area contributed by atoms with E-state index in [1.165, 1.54) is 0 Å². The molecular formula is C17H32N4O2S. The minimum absolute atomic E-state index is 0.0261. The van der Waals surface area contributed by atoms with Gasteiger partial charge in [0, 0.05) is 51.3 Å². The zero-order chi connectivity index (χ0) is 17.5. The van der Waals surface area contributed by atoms with Crippen molar-refractivity contribution >= 4 is 23.6 Å². The largest absolute Gasteiger partial charge is 0.376 e. The molecule has 7 heteroatoms. The first kappa shape index (κ1) is 19.4. The molecule has 0 aliphatic carbocycles. The third kappa shape index (κ3) is 5.84. The maximum Gasteiger partial charge on any atom is 0.243 e. The van der Waals surface area contributed by atoms with Gasteiger partial charge in [-0.3, -0.25) is 4.79 Å². The summed E-state index contributed by atoms with van der Waals surface area (Å²) in [6, 6.07) is 0. The second-order valence-corrected chi connectivity index (χ2v) is 8.39. The highest BCUT2D eigenvalue weighted by molar-refractivity contribution is 8.00. The minimum Gasteiger partial charge on any atom is -0.376 e. The highest BCUT2D eigenvalue weighted by Crippen LogP contribution is 2.25. The van der Waals surface area contributed by atoms with Gasteiger partial charge in [0.15, 0.2) is 5.96 Å². The van der Waals surface area contributed by atoms with Crippen LogP contribution in [0.15, 0.2) is 4.99 Å². The lowest BCUT2D eigenvalue weighted by molar-refractivity contribution is -0.127. The topological polar surface area (TPSA) is 57.2 Å². The van der Waals surface area contributed by atoms with Crippen molar-refractivity contribution in [1.82, 2.24) is 15.1 Å². The summed E-state index contributed by atoms with van der Waals surface area (Å²) in [6.45, 7) is 8.31. The molecule has 6 nitrogen and oxygen atoms in total. The van der Waals surface area contributed by atoms with Crippen LogP contribution in [0.1, 0.15) is 26.7 Å². The second kappa shape index (κ2) is 9.51.